The molecule has 1 fully saturated rings. The monoisotopic (exact) mass is 269 g/mol. The van der Waals surface area contributed by atoms with E-state index in [1.165, 1.54) is 0 Å². The van der Waals surface area contributed by atoms with Gasteiger partial charge in [0.15, 0.2) is 0 Å². The van der Waals surface area contributed by atoms with E-state index in [0.29, 0.717) is 6.04 Å². The molecule has 0 atom stereocenters. The number of likely N-dealkylation sites (N-methyl/N-ethyl adjacent to an activating group) is 1. The maximum absolute atomic E-state index is 12.2. The zero-order valence-corrected chi connectivity index (χ0v) is 11.8. The highest BCUT2D eigenvalue weighted by Gasteiger charge is 2.25. The van der Waals surface area contributed by atoms with Crippen molar-refractivity contribution in [1.82, 2.24) is 10.2 Å². The fourth-order valence-electron chi connectivity index (χ4n) is 1.83. The van der Waals surface area contributed by atoms with Crippen LogP contribution in [0, 0.1) is 0 Å². The highest BCUT2D eigenvalue weighted by Crippen LogP contribution is 2.16. The number of anilines is 1. The van der Waals surface area contributed by atoms with Crippen molar-refractivity contribution in [2.75, 3.05) is 39.1 Å². The molecule has 0 aliphatic carbocycles. The summed E-state index contributed by atoms with van der Waals surface area (Å²) >= 11 is 0. The topological polar surface area (TPSA) is 35.6 Å². The van der Waals surface area contributed by atoms with Crippen LogP contribution in [0.3, 0.4) is 0 Å². The van der Waals surface area contributed by atoms with Gasteiger partial charge in [-0.05, 0) is 18.2 Å². The van der Waals surface area contributed by atoms with E-state index in [-0.39, 0.29) is 18.3 Å². The lowest BCUT2D eigenvalue weighted by Crippen LogP contribution is -2.57. The maximum Gasteiger partial charge on any atom is 0.254 e. The molecule has 18 heavy (non-hydrogen) atoms. The minimum Gasteiger partial charge on any atom is -0.378 e. The molecule has 1 aliphatic heterocycles. The van der Waals surface area contributed by atoms with E-state index in [9.17, 15) is 4.79 Å². The van der Waals surface area contributed by atoms with Crippen LogP contribution in [0.5, 0.6) is 0 Å². The van der Waals surface area contributed by atoms with Gasteiger partial charge in [-0.3, -0.25) is 4.79 Å². The van der Waals surface area contributed by atoms with Crippen LogP contribution >= 0.6 is 12.4 Å². The van der Waals surface area contributed by atoms with E-state index in [1.54, 1.807) is 0 Å². The number of rotatable bonds is 3. The molecule has 4 nitrogen and oxygen atoms in total. The summed E-state index contributed by atoms with van der Waals surface area (Å²) in [6, 6.07) is 8.07. The van der Waals surface area contributed by atoms with Crippen molar-refractivity contribution in [3.05, 3.63) is 29.8 Å². The average molecular weight is 270 g/mol. The number of hydrogen-bond acceptors (Lipinski definition) is 3. The van der Waals surface area contributed by atoms with Crippen molar-refractivity contribution in [3.8, 4) is 0 Å². The Bertz CT molecular complexity index is 418. The van der Waals surface area contributed by atoms with Gasteiger partial charge < -0.3 is 15.1 Å². The number of carbonyl (C=O) groups is 1. The predicted molar refractivity (Wildman–Crippen MR) is 76.8 cm³/mol. The standard InChI is InChI=1S/C13H19N3O.ClH/c1-15(2)11-6-4-5-10(7-11)13(17)16(3)12-8-14-9-12;/h4-7,12,14H,8-9H2,1-3H3;1H. The summed E-state index contributed by atoms with van der Waals surface area (Å²) in [6.07, 6.45) is 0. The summed E-state index contributed by atoms with van der Waals surface area (Å²) in [5.74, 6) is 0.0974. The van der Waals surface area contributed by atoms with E-state index in [2.05, 4.69) is 5.32 Å². The number of halogens is 1. The highest BCUT2D eigenvalue weighted by molar-refractivity contribution is 5.95. The molecule has 1 aromatic carbocycles. The van der Waals surface area contributed by atoms with E-state index in [1.807, 2.05) is 55.2 Å². The van der Waals surface area contributed by atoms with Gasteiger partial charge in [-0.1, -0.05) is 6.07 Å². The minimum absolute atomic E-state index is 0. The van der Waals surface area contributed by atoms with Gasteiger partial charge in [-0.25, -0.2) is 0 Å². The normalized spacial score (nSPS) is 14.4. The summed E-state index contributed by atoms with van der Waals surface area (Å²) in [5, 5.41) is 3.18. The summed E-state index contributed by atoms with van der Waals surface area (Å²) in [6.45, 7) is 1.80. The number of carbonyl (C=O) groups excluding carboxylic acids is 1. The number of benzene rings is 1. The second kappa shape index (κ2) is 6.07. The number of nitrogens with zero attached hydrogens (tertiary/aromatic N) is 2. The second-order valence-electron chi connectivity index (χ2n) is 4.67. The molecule has 1 saturated heterocycles. The van der Waals surface area contributed by atoms with Gasteiger partial charge >= 0.3 is 0 Å². The van der Waals surface area contributed by atoms with Crippen LogP contribution in [0.25, 0.3) is 0 Å². The summed E-state index contributed by atoms with van der Waals surface area (Å²) in [5.41, 5.74) is 1.81. The Morgan fingerprint density at radius 1 is 1.28 bits per heavy atom. The lowest BCUT2D eigenvalue weighted by molar-refractivity contribution is 0.0681. The molecule has 0 saturated carbocycles. The van der Waals surface area contributed by atoms with E-state index >= 15 is 0 Å². The van der Waals surface area contributed by atoms with Gasteiger partial charge in [0.1, 0.15) is 0 Å². The van der Waals surface area contributed by atoms with E-state index in [4.69, 9.17) is 0 Å². The van der Waals surface area contributed by atoms with Crippen LogP contribution in [0.2, 0.25) is 0 Å². The molecular weight excluding hydrogens is 250 g/mol. The molecule has 0 radical (unpaired) electrons. The Morgan fingerprint density at radius 3 is 2.44 bits per heavy atom. The lowest BCUT2D eigenvalue weighted by Gasteiger charge is -2.35. The van der Waals surface area contributed by atoms with Crippen molar-refractivity contribution in [2.45, 2.75) is 6.04 Å². The van der Waals surface area contributed by atoms with Crippen LogP contribution in [0.4, 0.5) is 5.69 Å². The first kappa shape index (κ1) is 14.8. The lowest BCUT2D eigenvalue weighted by atomic mass is 10.1. The van der Waals surface area contributed by atoms with E-state index < -0.39 is 0 Å². The molecule has 0 spiro atoms. The summed E-state index contributed by atoms with van der Waals surface area (Å²) in [4.78, 5) is 16.1. The number of nitrogens with one attached hydrogen (secondary N) is 1. The quantitative estimate of drug-likeness (QED) is 0.896. The first-order chi connectivity index (χ1) is 8.09. The Morgan fingerprint density at radius 2 is 1.94 bits per heavy atom. The van der Waals surface area contributed by atoms with Crippen molar-refractivity contribution < 1.29 is 4.79 Å². The van der Waals surface area contributed by atoms with Crippen LogP contribution in [-0.2, 0) is 0 Å². The third kappa shape index (κ3) is 2.94. The SMILES string of the molecule is CN(C)c1cccc(C(=O)N(C)C2CNC2)c1.Cl. The predicted octanol–water partition coefficient (Wildman–Crippen LogP) is 1.22. The number of amides is 1. The molecule has 1 heterocycles. The molecule has 0 bridgehead atoms. The van der Waals surface area contributed by atoms with Crippen LogP contribution in [-0.4, -0.2) is 51.1 Å². The van der Waals surface area contributed by atoms with Crippen molar-refractivity contribution in [1.29, 1.82) is 0 Å². The third-order valence-electron chi connectivity index (χ3n) is 3.24. The highest BCUT2D eigenvalue weighted by atomic mass is 35.5. The Kier molecular flexibility index (Phi) is 4.99. The van der Waals surface area contributed by atoms with E-state index in [0.717, 1.165) is 24.3 Å². The van der Waals surface area contributed by atoms with Crippen molar-refractivity contribution >= 4 is 24.0 Å². The molecule has 2 rings (SSSR count). The zero-order chi connectivity index (χ0) is 12.4. The maximum atomic E-state index is 12.2. The van der Waals surface area contributed by atoms with Gasteiger partial charge in [0, 0.05) is 45.5 Å². The van der Waals surface area contributed by atoms with Gasteiger partial charge in [0.2, 0.25) is 0 Å². The first-order valence-electron chi connectivity index (χ1n) is 5.85. The number of hydrogen-bond donors (Lipinski definition) is 1. The molecule has 1 amide bonds. The molecule has 0 aromatic heterocycles. The first-order valence-corrected chi connectivity index (χ1v) is 5.85. The van der Waals surface area contributed by atoms with Crippen molar-refractivity contribution in [3.63, 3.8) is 0 Å². The largest absolute Gasteiger partial charge is 0.378 e. The van der Waals surface area contributed by atoms with Gasteiger partial charge in [-0.15, -0.1) is 12.4 Å². The molecule has 1 aliphatic rings. The van der Waals surface area contributed by atoms with Crippen LogP contribution in [0.15, 0.2) is 24.3 Å². The van der Waals surface area contributed by atoms with Gasteiger partial charge in [-0.2, -0.15) is 0 Å². The van der Waals surface area contributed by atoms with Crippen LogP contribution in [0.1, 0.15) is 10.4 Å². The third-order valence-corrected chi connectivity index (χ3v) is 3.24. The molecule has 1 aromatic rings. The molecule has 0 unspecified atom stereocenters. The Hall–Kier alpha value is -1.26. The molecule has 100 valence electrons. The fourth-order valence-corrected chi connectivity index (χ4v) is 1.83. The molecule has 1 N–H and O–H groups in total. The van der Waals surface area contributed by atoms with Gasteiger partial charge in [0.25, 0.3) is 5.91 Å². The zero-order valence-electron chi connectivity index (χ0n) is 11.0. The smallest absolute Gasteiger partial charge is 0.254 e. The minimum atomic E-state index is 0. The summed E-state index contributed by atoms with van der Waals surface area (Å²) in [7, 11) is 5.82. The van der Waals surface area contributed by atoms with Crippen LogP contribution < -0.4 is 10.2 Å². The average Bonchev–Trinajstić information content (AvgIpc) is 2.25. The van der Waals surface area contributed by atoms with Gasteiger partial charge in [0.05, 0.1) is 6.04 Å². The van der Waals surface area contributed by atoms with Crippen molar-refractivity contribution in [2.24, 2.45) is 0 Å². The molecular formula is C13H20ClN3O. The Balaban J connectivity index is 0.00000162. The Labute approximate surface area is 114 Å². The fraction of sp³-hybridized carbons (Fsp3) is 0.462. The second-order valence-corrected chi connectivity index (χ2v) is 4.67. The molecule has 5 heteroatoms. The summed E-state index contributed by atoms with van der Waals surface area (Å²) < 4.78 is 0.